The molecule has 7 heteroatoms. The van der Waals surface area contributed by atoms with Crippen molar-refractivity contribution in [3.05, 3.63) is 24.3 Å². The summed E-state index contributed by atoms with van der Waals surface area (Å²) >= 11 is 0. The Bertz CT molecular complexity index is 548. The van der Waals surface area contributed by atoms with Gasteiger partial charge < -0.3 is 10.1 Å². The molecule has 1 fully saturated rings. The summed E-state index contributed by atoms with van der Waals surface area (Å²) in [5, 5.41) is 7.68. The summed E-state index contributed by atoms with van der Waals surface area (Å²) in [4.78, 5) is 11.9. The number of nitrogens with two attached hydrogens (primary N) is 1. The van der Waals surface area contributed by atoms with Gasteiger partial charge in [-0.25, -0.2) is 13.6 Å². The Morgan fingerprint density at radius 2 is 1.95 bits per heavy atom. The van der Waals surface area contributed by atoms with Gasteiger partial charge in [0.1, 0.15) is 6.10 Å². The summed E-state index contributed by atoms with van der Waals surface area (Å²) in [5.41, 5.74) is 0.520. The highest BCUT2D eigenvalue weighted by Crippen LogP contribution is 2.16. The molecule has 6 nitrogen and oxygen atoms in total. The third-order valence-corrected chi connectivity index (χ3v) is 3.85. The lowest BCUT2D eigenvalue weighted by molar-refractivity contribution is -0.129. The molecule has 0 saturated carbocycles. The van der Waals surface area contributed by atoms with Gasteiger partial charge >= 0.3 is 0 Å². The molecule has 19 heavy (non-hydrogen) atoms. The predicted molar refractivity (Wildman–Crippen MR) is 70.0 cm³/mol. The van der Waals surface area contributed by atoms with Crippen molar-refractivity contribution in [2.75, 3.05) is 11.9 Å². The summed E-state index contributed by atoms with van der Waals surface area (Å²) < 4.78 is 27.5. The first-order chi connectivity index (χ1) is 8.97. The van der Waals surface area contributed by atoms with Crippen LogP contribution in [0.25, 0.3) is 0 Å². The molecule has 0 radical (unpaired) electrons. The van der Waals surface area contributed by atoms with E-state index in [2.05, 4.69) is 5.32 Å². The number of rotatable bonds is 3. The van der Waals surface area contributed by atoms with Crippen LogP contribution in [0.15, 0.2) is 29.2 Å². The van der Waals surface area contributed by atoms with Crippen molar-refractivity contribution in [2.45, 2.75) is 30.3 Å². The molecule has 0 bridgehead atoms. The molecule has 1 aliphatic rings. The molecule has 1 aliphatic heterocycles. The van der Waals surface area contributed by atoms with Gasteiger partial charge in [-0.3, -0.25) is 4.79 Å². The highest BCUT2D eigenvalue weighted by Gasteiger charge is 2.21. The zero-order chi connectivity index (χ0) is 13.9. The van der Waals surface area contributed by atoms with Crippen LogP contribution in [0, 0.1) is 0 Å². The lowest BCUT2D eigenvalue weighted by Gasteiger charge is -2.21. The van der Waals surface area contributed by atoms with Crippen LogP contribution in [-0.2, 0) is 19.6 Å². The Labute approximate surface area is 112 Å². The maximum Gasteiger partial charge on any atom is 0.253 e. The number of hydrogen-bond donors (Lipinski definition) is 2. The Hall–Kier alpha value is -1.44. The molecule has 1 amide bonds. The van der Waals surface area contributed by atoms with Crippen LogP contribution in [0.2, 0.25) is 0 Å². The number of carbonyl (C=O) groups is 1. The van der Waals surface area contributed by atoms with E-state index in [1.54, 1.807) is 0 Å². The molecule has 0 aromatic heterocycles. The number of primary sulfonamides is 1. The molecule has 2 rings (SSSR count). The van der Waals surface area contributed by atoms with Gasteiger partial charge in [-0.15, -0.1) is 0 Å². The topological polar surface area (TPSA) is 98.5 Å². The molecule has 0 aliphatic carbocycles. The largest absolute Gasteiger partial charge is 0.368 e. The number of hydrogen-bond acceptors (Lipinski definition) is 4. The first-order valence-electron chi connectivity index (χ1n) is 6.02. The van der Waals surface area contributed by atoms with Gasteiger partial charge in [-0.2, -0.15) is 0 Å². The maximum atomic E-state index is 11.9. The van der Waals surface area contributed by atoms with Crippen LogP contribution in [-0.4, -0.2) is 27.0 Å². The Kier molecular flexibility index (Phi) is 4.18. The van der Waals surface area contributed by atoms with E-state index in [4.69, 9.17) is 9.88 Å². The van der Waals surface area contributed by atoms with Crippen LogP contribution >= 0.6 is 0 Å². The first kappa shape index (κ1) is 14.0. The average Bonchev–Trinajstić information content (AvgIpc) is 2.39. The van der Waals surface area contributed by atoms with Crippen LogP contribution in [0.1, 0.15) is 19.3 Å². The molecule has 1 saturated heterocycles. The van der Waals surface area contributed by atoms with E-state index >= 15 is 0 Å². The van der Waals surface area contributed by atoms with E-state index in [9.17, 15) is 13.2 Å². The SMILES string of the molecule is NS(=O)(=O)c1ccc(NC(=O)C2CCCCO2)cc1. The van der Waals surface area contributed by atoms with E-state index in [1.165, 1.54) is 24.3 Å². The highest BCUT2D eigenvalue weighted by atomic mass is 32.2. The smallest absolute Gasteiger partial charge is 0.253 e. The second kappa shape index (κ2) is 5.68. The fourth-order valence-corrected chi connectivity index (χ4v) is 2.41. The maximum absolute atomic E-state index is 11.9. The van der Waals surface area contributed by atoms with Crippen molar-refractivity contribution in [1.82, 2.24) is 0 Å². The van der Waals surface area contributed by atoms with E-state index in [0.717, 1.165) is 12.8 Å². The summed E-state index contributed by atoms with van der Waals surface area (Å²) in [6.45, 7) is 0.600. The summed E-state index contributed by atoms with van der Waals surface area (Å²) in [6.07, 6.45) is 2.24. The van der Waals surface area contributed by atoms with Gasteiger partial charge in [-0.1, -0.05) is 0 Å². The first-order valence-corrected chi connectivity index (χ1v) is 7.57. The van der Waals surface area contributed by atoms with Gasteiger partial charge in [-0.05, 0) is 43.5 Å². The lowest BCUT2D eigenvalue weighted by Crippen LogP contribution is -2.33. The van der Waals surface area contributed by atoms with Crippen molar-refractivity contribution in [3.8, 4) is 0 Å². The molecule has 1 aromatic carbocycles. The third-order valence-electron chi connectivity index (χ3n) is 2.92. The Morgan fingerprint density at radius 3 is 2.47 bits per heavy atom. The lowest BCUT2D eigenvalue weighted by atomic mass is 10.1. The molecule has 1 heterocycles. The van der Waals surface area contributed by atoms with Gasteiger partial charge in [0.15, 0.2) is 0 Å². The van der Waals surface area contributed by atoms with Crippen molar-refractivity contribution in [2.24, 2.45) is 5.14 Å². The Morgan fingerprint density at radius 1 is 1.26 bits per heavy atom. The van der Waals surface area contributed by atoms with Crippen molar-refractivity contribution in [3.63, 3.8) is 0 Å². The predicted octanol–water partition coefficient (Wildman–Crippen LogP) is 0.842. The highest BCUT2D eigenvalue weighted by molar-refractivity contribution is 7.89. The molecule has 1 atom stereocenters. The number of ether oxygens (including phenoxy) is 1. The molecule has 1 unspecified atom stereocenters. The minimum Gasteiger partial charge on any atom is -0.368 e. The van der Waals surface area contributed by atoms with Crippen LogP contribution in [0.4, 0.5) is 5.69 Å². The zero-order valence-electron chi connectivity index (χ0n) is 10.3. The number of sulfonamides is 1. The molecule has 1 aromatic rings. The fraction of sp³-hybridized carbons (Fsp3) is 0.417. The number of nitrogens with one attached hydrogen (secondary N) is 1. The van der Waals surface area contributed by atoms with Crippen molar-refractivity contribution in [1.29, 1.82) is 0 Å². The monoisotopic (exact) mass is 284 g/mol. The van der Waals surface area contributed by atoms with E-state index < -0.39 is 16.1 Å². The standard InChI is InChI=1S/C12H16N2O4S/c13-19(16,17)10-6-4-9(5-7-10)14-12(15)11-3-1-2-8-18-11/h4-7,11H,1-3,8H2,(H,14,15)(H2,13,16,17). The molecule has 0 spiro atoms. The number of amides is 1. The normalized spacial score (nSPS) is 19.9. The number of benzene rings is 1. The molecule has 3 N–H and O–H groups in total. The van der Waals surface area contributed by atoms with Crippen LogP contribution in [0.5, 0.6) is 0 Å². The summed E-state index contributed by atoms with van der Waals surface area (Å²) in [7, 11) is -3.71. The van der Waals surface area contributed by atoms with Gasteiger partial charge in [0.2, 0.25) is 10.0 Å². The number of carbonyl (C=O) groups excluding carboxylic acids is 1. The summed E-state index contributed by atoms with van der Waals surface area (Å²) in [6, 6.07) is 5.71. The minimum atomic E-state index is -3.71. The quantitative estimate of drug-likeness (QED) is 0.859. The van der Waals surface area contributed by atoms with Crippen LogP contribution in [0.3, 0.4) is 0 Å². The fourth-order valence-electron chi connectivity index (χ4n) is 1.90. The van der Waals surface area contributed by atoms with E-state index in [-0.39, 0.29) is 10.8 Å². The van der Waals surface area contributed by atoms with E-state index in [1.807, 2.05) is 0 Å². The van der Waals surface area contributed by atoms with Crippen molar-refractivity contribution < 1.29 is 17.9 Å². The molecular formula is C12H16N2O4S. The van der Waals surface area contributed by atoms with Crippen LogP contribution < -0.4 is 10.5 Å². The van der Waals surface area contributed by atoms with E-state index in [0.29, 0.717) is 18.7 Å². The average molecular weight is 284 g/mol. The summed E-state index contributed by atoms with van der Waals surface area (Å²) in [5.74, 6) is -0.206. The second-order valence-corrected chi connectivity index (χ2v) is 5.98. The van der Waals surface area contributed by atoms with Gasteiger partial charge in [0.25, 0.3) is 5.91 Å². The number of anilines is 1. The second-order valence-electron chi connectivity index (χ2n) is 4.41. The van der Waals surface area contributed by atoms with Crippen molar-refractivity contribution >= 4 is 21.6 Å². The molecule has 104 valence electrons. The molecular weight excluding hydrogens is 268 g/mol. The van der Waals surface area contributed by atoms with Gasteiger partial charge in [0, 0.05) is 12.3 Å². The minimum absolute atomic E-state index is 0.0133. The Balaban J connectivity index is 2.01. The van der Waals surface area contributed by atoms with Gasteiger partial charge in [0.05, 0.1) is 4.90 Å². The third kappa shape index (κ3) is 3.76. The zero-order valence-corrected chi connectivity index (χ0v) is 11.2.